The van der Waals surface area contributed by atoms with Gasteiger partial charge in [0.05, 0.1) is 0 Å². The molecule has 0 saturated heterocycles. The molecule has 0 radical (unpaired) electrons. The second kappa shape index (κ2) is 3.77. The molecule has 0 aliphatic carbocycles. The van der Waals surface area contributed by atoms with Gasteiger partial charge in [-0.25, -0.2) is 4.98 Å². The van der Waals surface area contributed by atoms with Crippen LogP contribution in [0.2, 0.25) is 0 Å². The van der Waals surface area contributed by atoms with Gasteiger partial charge >= 0.3 is 0 Å². The zero-order chi connectivity index (χ0) is 10.0. The molecule has 1 N–H and O–H groups in total. The molecule has 70 valence electrons. The molecular weight excluding hydrogens is 163 g/mol. The van der Waals surface area contributed by atoms with Crippen molar-refractivity contribution in [1.82, 2.24) is 9.97 Å². The quantitative estimate of drug-likeness (QED) is 0.669. The Morgan fingerprint density at radius 3 is 2.69 bits per heavy atom. The summed E-state index contributed by atoms with van der Waals surface area (Å²) in [7, 11) is 2.09. The molecule has 0 saturated carbocycles. The second-order valence-electron chi connectivity index (χ2n) is 3.47. The molecule has 1 aromatic heterocycles. The van der Waals surface area contributed by atoms with E-state index < -0.39 is 0 Å². The van der Waals surface area contributed by atoms with Gasteiger partial charge in [0, 0.05) is 11.3 Å². The first-order chi connectivity index (χ1) is 6.06. The summed E-state index contributed by atoms with van der Waals surface area (Å²) in [5.74, 6) is 1.06. The molecule has 0 spiro atoms. The van der Waals surface area contributed by atoms with Crippen molar-refractivity contribution < 1.29 is 0 Å². The van der Waals surface area contributed by atoms with Gasteiger partial charge in [-0.2, -0.15) is 0 Å². The van der Waals surface area contributed by atoms with E-state index in [9.17, 15) is 4.79 Å². The van der Waals surface area contributed by atoms with Crippen LogP contribution in [0.25, 0.3) is 0 Å². The highest BCUT2D eigenvalue weighted by Gasteiger charge is 2.11. The summed E-state index contributed by atoms with van der Waals surface area (Å²) in [6.07, 6.45) is 1.01. The molecule has 1 rings (SSSR count). The van der Waals surface area contributed by atoms with E-state index in [0.29, 0.717) is 11.6 Å². The highest BCUT2D eigenvalue weighted by molar-refractivity contribution is 6.12. The molecule has 1 aromatic rings. The third-order valence-electron chi connectivity index (χ3n) is 2.39. The van der Waals surface area contributed by atoms with Gasteiger partial charge in [0.1, 0.15) is 13.7 Å². The molecular formula is C9H15BN2O. The first-order valence-corrected chi connectivity index (χ1v) is 4.63. The number of aromatic nitrogens is 2. The van der Waals surface area contributed by atoms with Gasteiger partial charge < -0.3 is 4.98 Å². The van der Waals surface area contributed by atoms with Gasteiger partial charge in [0.25, 0.3) is 5.56 Å². The van der Waals surface area contributed by atoms with E-state index in [1.54, 1.807) is 0 Å². The lowest BCUT2D eigenvalue weighted by Crippen LogP contribution is -2.18. The van der Waals surface area contributed by atoms with Crippen LogP contribution in [0, 0.1) is 13.8 Å². The molecule has 0 aliphatic heterocycles. The third-order valence-corrected chi connectivity index (χ3v) is 2.39. The Hall–Kier alpha value is -1.06. The van der Waals surface area contributed by atoms with Gasteiger partial charge in [-0.15, -0.1) is 0 Å². The molecule has 0 aromatic carbocycles. The normalized spacial score (nSPS) is 12.8. The van der Waals surface area contributed by atoms with Crippen LogP contribution in [-0.2, 0) is 0 Å². The van der Waals surface area contributed by atoms with Gasteiger partial charge in [-0.05, 0) is 19.7 Å². The fourth-order valence-electron chi connectivity index (χ4n) is 1.34. The van der Waals surface area contributed by atoms with Crippen LogP contribution in [0.1, 0.15) is 36.2 Å². The summed E-state index contributed by atoms with van der Waals surface area (Å²) in [6, 6.07) is 0. The smallest absolute Gasteiger partial charge is 0.254 e. The van der Waals surface area contributed by atoms with Crippen LogP contribution in [0.3, 0.4) is 0 Å². The molecule has 0 amide bonds. The van der Waals surface area contributed by atoms with Crippen molar-refractivity contribution in [3.05, 3.63) is 27.4 Å². The minimum atomic E-state index is -0.0113. The minimum absolute atomic E-state index is 0.0113. The lowest BCUT2D eigenvalue weighted by atomic mass is 9.80. The Bertz CT molecular complexity index is 359. The maximum atomic E-state index is 11.4. The van der Waals surface area contributed by atoms with E-state index in [-0.39, 0.29) is 5.56 Å². The average molecular weight is 178 g/mol. The summed E-state index contributed by atoms with van der Waals surface area (Å²) in [4.78, 5) is 18.4. The Labute approximate surface area is 79.0 Å². The molecule has 0 aliphatic rings. The molecule has 1 heterocycles. The Morgan fingerprint density at radius 2 is 2.15 bits per heavy atom. The monoisotopic (exact) mass is 178 g/mol. The first kappa shape index (κ1) is 10.0. The van der Waals surface area contributed by atoms with Crippen LogP contribution in [0.4, 0.5) is 0 Å². The minimum Gasteiger partial charge on any atom is -0.311 e. The number of rotatable bonds is 2. The van der Waals surface area contributed by atoms with E-state index in [1.165, 1.54) is 0 Å². The van der Waals surface area contributed by atoms with Crippen molar-refractivity contribution in [3.63, 3.8) is 0 Å². The number of hydrogen-bond donors (Lipinski definition) is 1. The highest BCUT2D eigenvalue weighted by atomic mass is 16.1. The van der Waals surface area contributed by atoms with Crippen LogP contribution >= 0.6 is 0 Å². The predicted molar refractivity (Wildman–Crippen MR) is 55.9 cm³/mol. The predicted octanol–water partition coefficient (Wildman–Crippen LogP) is 0.471. The van der Waals surface area contributed by atoms with Gasteiger partial charge in [0.2, 0.25) is 0 Å². The van der Waals surface area contributed by atoms with Crippen LogP contribution < -0.4 is 5.56 Å². The van der Waals surface area contributed by atoms with Crippen molar-refractivity contribution in [2.75, 3.05) is 0 Å². The summed E-state index contributed by atoms with van der Waals surface area (Å²) < 4.78 is 0. The first-order valence-electron chi connectivity index (χ1n) is 4.63. The van der Waals surface area contributed by atoms with E-state index >= 15 is 0 Å². The van der Waals surface area contributed by atoms with E-state index in [1.807, 2.05) is 13.8 Å². The maximum Gasteiger partial charge on any atom is 0.254 e. The van der Waals surface area contributed by atoms with Crippen LogP contribution in [0.15, 0.2) is 4.79 Å². The Balaban J connectivity index is 3.28. The molecule has 3 nitrogen and oxygen atoms in total. The average Bonchev–Trinajstić information content (AvgIpc) is 2.10. The number of H-pyrrole nitrogens is 1. The molecule has 0 fully saturated rings. The summed E-state index contributed by atoms with van der Waals surface area (Å²) >= 11 is 0. The van der Waals surface area contributed by atoms with Crippen molar-refractivity contribution in [2.45, 2.75) is 33.0 Å². The van der Waals surface area contributed by atoms with Crippen molar-refractivity contribution in [1.29, 1.82) is 0 Å². The molecule has 4 heteroatoms. The fourth-order valence-corrected chi connectivity index (χ4v) is 1.34. The van der Waals surface area contributed by atoms with Gasteiger partial charge in [-0.3, -0.25) is 4.79 Å². The second-order valence-corrected chi connectivity index (χ2v) is 3.47. The Morgan fingerprint density at radius 1 is 1.54 bits per heavy atom. The summed E-state index contributed by atoms with van der Waals surface area (Å²) in [6.45, 7) is 5.74. The third kappa shape index (κ3) is 2.00. The van der Waals surface area contributed by atoms with Gasteiger partial charge in [-0.1, -0.05) is 13.3 Å². The lowest BCUT2D eigenvalue weighted by Gasteiger charge is -2.10. The molecule has 1 atom stereocenters. The molecule has 13 heavy (non-hydrogen) atoms. The van der Waals surface area contributed by atoms with Crippen LogP contribution in [-0.4, -0.2) is 17.8 Å². The van der Waals surface area contributed by atoms with Crippen molar-refractivity contribution in [3.8, 4) is 0 Å². The maximum absolute atomic E-state index is 11.4. The fraction of sp³-hybridized carbons (Fsp3) is 0.556. The number of nitrogens with zero attached hydrogens (tertiary/aromatic N) is 1. The SMILES string of the molecule is BC(CC)c1nc(C)[nH]c(=O)c1C. The largest absolute Gasteiger partial charge is 0.311 e. The summed E-state index contributed by atoms with van der Waals surface area (Å²) in [5.41, 5.74) is 1.67. The zero-order valence-electron chi connectivity index (χ0n) is 8.64. The zero-order valence-corrected chi connectivity index (χ0v) is 8.64. The highest BCUT2D eigenvalue weighted by Crippen LogP contribution is 2.14. The number of aromatic amines is 1. The molecule has 0 bridgehead atoms. The number of nitrogens with one attached hydrogen (secondary N) is 1. The van der Waals surface area contributed by atoms with E-state index in [2.05, 4.69) is 24.7 Å². The topological polar surface area (TPSA) is 45.8 Å². The van der Waals surface area contributed by atoms with E-state index in [4.69, 9.17) is 0 Å². The molecule has 1 unspecified atom stereocenters. The standard InChI is InChI=1S/C9H15BN2O/c1-4-7(10)8-5(2)9(13)12-6(3)11-8/h7H,4,10H2,1-3H3,(H,11,12,13). The Kier molecular flexibility index (Phi) is 2.91. The van der Waals surface area contributed by atoms with Crippen molar-refractivity contribution >= 4 is 7.85 Å². The number of hydrogen-bond acceptors (Lipinski definition) is 2. The van der Waals surface area contributed by atoms with Gasteiger partial charge in [0.15, 0.2) is 0 Å². The van der Waals surface area contributed by atoms with E-state index in [0.717, 1.165) is 17.7 Å². The summed E-state index contributed by atoms with van der Waals surface area (Å²) in [5, 5.41) is 0. The number of aryl methyl sites for hydroxylation is 1. The lowest BCUT2D eigenvalue weighted by molar-refractivity contribution is 0.805. The van der Waals surface area contributed by atoms with Crippen molar-refractivity contribution in [2.24, 2.45) is 0 Å². The van der Waals surface area contributed by atoms with Crippen LogP contribution in [0.5, 0.6) is 0 Å².